The van der Waals surface area contributed by atoms with Crippen LogP contribution in [0, 0.1) is 0 Å². The van der Waals surface area contributed by atoms with Crippen molar-refractivity contribution in [1.82, 2.24) is 4.98 Å². The molecule has 0 spiro atoms. The van der Waals surface area contributed by atoms with Crippen LogP contribution in [0.3, 0.4) is 0 Å². The van der Waals surface area contributed by atoms with E-state index in [1.807, 2.05) is 12.1 Å². The summed E-state index contributed by atoms with van der Waals surface area (Å²) in [5.41, 5.74) is 1.33. The molecule has 0 unspecified atom stereocenters. The summed E-state index contributed by atoms with van der Waals surface area (Å²) in [6.07, 6.45) is 3.01. The lowest BCUT2D eigenvalue weighted by molar-refractivity contribution is 0.0480. The van der Waals surface area contributed by atoms with Crippen molar-refractivity contribution in [3.63, 3.8) is 0 Å². The molecular weight excluding hydrogens is 440 g/mol. The molecule has 2 aromatic heterocycles. The molecular formula is C25H22N2O7. The Balaban J connectivity index is 1.90. The smallest absolute Gasteiger partial charge is 0.400 e. The van der Waals surface area contributed by atoms with Gasteiger partial charge in [-0.3, -0.25) is 4.98 Å². The minimum Gasteiger partial charge on any atom is -0.493 e. The van der Waals surface area contributed by atoms with E-state index in [1.54, 1.807) is 57.9 Å². The van der Waals surface area contributed by atoms with E-state index in [9.17, 15) is 4.79 Å². The van der Waals surface area contributed by atoms with Gasteiger partial charge in [0.05, 0.1) is 34.7 Å². The van der Waals surface area contributed by atoms with E-state index in [4.69, 9.17) is 28.2 Å². The number of oxime groups is 1. The van der Waals surface area contributed by atoms with Crippen molar-refractivity contribution < 1.29 is 33.0 Å². The zero-order valence-corrected chi connectivity index (χ0v) is 19.0. The Hall–Kier alpha value is -4.53. The van der Waals surface area contributed by atoms with Crippen molar-refractivity contribution >= 4 is 22.5 Å². The normalized spacial score (nSPS) is 11.2. The fourth-order valence-electron chi connectivity index (χ4n) is 3.43. The monoisotopic (exact) mass is 462 g/mol. The molecule has 0 amide bonds. The molecule has 174 valence electrons. The second-order valence-electron chi connectivity index (χ2n) is 6.95. The first kappa shape index (κ1) is 22.7. The molecule has 0 aliphatic carbocycles. The lowest BCUT2D eigenvalue weighted by Gasteiger charge is -2.14. The predicted octanol–water partition coefficient (Wildman–Crippen LogP) is 4.47. The third-order valence-electron chi connectivity index (χ3n) is 5.09. The zero-order valence-electron chi connectivity index (χ0n) is 19.0. The van der Waals surface area contributed by atoms with Gasteiger partial charge in [0.15, 0.2) is 23.0 Å². The van der Waals surface area contributed by atoms with E-state index < -0.39 is 5.97 Å². The van der Waals surface area contributed by atoms with E-state index >= 15 is 0 Å². The molecule has 2 heterocycles. The number of fused-ring (bicyclic) bond motifs is 1. The molecule has 0 saturated carbocycles. The van der Waals surface area contributed by atoms with Gasteiger partial charge in [0.25, 0.3) is 0 Å². The first-order chi connectivity index (χ1) is 16.6. The quantitative estimate of drug-likeness (QED) is 0.215. The van der Waals surface area contributed by atoms with Crippen LogP contribution in [0.5, 0.6) is 23.0 Å². The second kappa shape index (κ2) is 9.95. The maximum absolute atomic E-state index is 12.4. The summed E-state index contributed by atoms with van der Waals surface area (Å²) >= 11 is 0. The van der Waals surface area contributed by atoms with Gasteiger partial charge in [-0.15, -0.1) is 0 Å². The van der Waals surface area contributed by atoms with Crippen LogP contribution in [0.15, 0.2) is 70.6 Å². The van der Waals surface area contributed by atoms with Gasteiger partial charge in [-0.1, -0.05) is 5.16 Å². The minimum absolute atomic E-state index is 0.0210. The number of hydrogen-bond acceptors (Lipinski definition) is 9. The Labute approximate surface area is 195 Å². The van der Waals surface area contributed by atoms with E-state index in [2.05, 4.69) is 10.1 Å². The van der Waals surface area contributed by atoms with Crippen LogP contribution in [-0.2, 0) is 4.84 Å². The second-order valence-corrected chi connectivity index (χ2v) is 6.95. The van der Waals surface area contributed by atoms with Crippen molar-refractivity contribution in [2.75, 3.05) is 28.4 Å². The Kier molecular flexibility index (Phi) is 6.63. The zero-order chi connectivity index (χ0) is 24.1. The third kappa shape index (κ3) is 4.36. The van der Waals surface area contributed by atoms with Crippen LogP contribution >= 0.6 is 0 Å². The number of hydrogen-bond donors (Lipinski definition) is 0. The van der Waals surface area contributed by atoms with Gasteiger partial charge in [0.1, 0.15) is 11.4 Å². The van der Waals surface area contributed by atoms with Gasteiger partial charge in [-0.2, -0.15) is 0 Å². The van der Waals surface area contributed by atoms with Crippen molar-refractivity contribution in [1.29, 1.82) is 0 Å². The summed E-state index contributed by atoms with van der Waals surface area (Å²) in [6, 6.07) is 13.8. The Bertz CT molecular complexity index is 1350. The molecule has 0 aliphatic heterocycles. The molecule has 0 fully saturated rings. The van der Waals surface area contributed by atoms with Crippen LogP contribution in [0.1, 0.15) is 21.8 Å². The molecule has 9 nitrogen and oxygen atoms in total. The van der Waals surface area contributed by atoms with Crippen molar-refractivity contribution in [2.24, 2.45) is 5.16 Å². The first-order valence-corrected chi connectivity index (χ1v) is 10.2. The van der Waals surface area contributed by atoms with Crippen LogP contribution in [0.4, 0.5) is 0 Å². The predicted molar refractivity (Wildman–Crippen MR) is 124 cm³/mol. The lowest BCUT2D eigenvalue weighted by Crippen LogP contribution is -2.10. The Morgan fingerprint density at radius 1 is 0.853 bits per heavy atom. The van der Waals surface area contributed by atoms with E-state index in [-0.39, 0.29) is 5.76 Å². The van der Waals surface area contributed by atoms with Crippen molar-refractivity contribution in [2.45, 2.75) is 0 Å². The largest absolute Gasteiger partial charge is 0.493 e. The summed E-state index contributed by atoms with van der Waals surface area (Å²) in [6.45, 7) is 0. The topological polar surface area (TPSA) is 102 Å². The SMILES string of the molecule is COc1ccc(/C(=N/OC(=O)c2ccco2)c2nccc3cc(OC)c(OC)cc23)cc1OC. The average Bonchev–Trinajstić information content (AvgIpc) is 3.43. The van der Waals surface area contributed by atoms with Crippen LogP contribution in [0.2, 0.25) is 0 Å². The molecule has 0 saturated heterocycles. The molecule has 0 atom stereocenters. The molecule has 9 heteroatoms. The number of ether oxygens (including phenoxy) is 4. The summed E-state index contributed by atoms with van der Waals surface area (Å²) in [5, 5.41) is 5.71. The highest BCUT2D eigenvalue weighted by molar-refractivity contribution is 6.18. The Morgan fingerprint density at radius 2 is 1.56 bits per heavy atom. The number of furan rings is 1. The number of carbonyl (C=O) groups excluding carboxylic acids is 1. The molecule has 34 heavy (non-hydrogen) atoms. The molecule has 2 aromatic carbocycles. The number of methoxy groups -OCH3 is 4. The number of rotatable bonds is 8. The summed E-state index contributed by atoms with van der Waals surface area (Å²) in [7, 11) is 6.19. The van der Waals surface area contributed by atoms with Gasteiger partial charge in [-0.05, 0) is 53.9 Å². The lowest BCUT2D eigenvalue weighted by atomic mass is 10.0. The molecule has 0 aliphatic rings. The minimum atomic E-state index is -0.748. The summed E-state index contributed by atoms with van der Waals surface area (Å²) < 4.78 is 26.8. The van der Waals surface area contributed by atoms with Crippen LogP contribution in [0.25, 0.3) is 10.8 Å². The van der Waals surface area contributed by atoms with Gasteiger partial charge in [0.2, 0.25) is 5.76 Å². The molecule has 0 N–H and O–H groups in total. The standard InChI is InChI=1S/C25H22N2O7/c1-29-18-8-7-16(13-20(18)30-2)23(27-34-25(28)19-6-5-11-33-19)24-17-14-22(32-4)21(31-3)12-15(17)9-10-26-24/h5-14H,1-4H3/b27-23-. The molecule has 4 aromatic rings. The first-order valence-electron chi connectivity index (χ1n) is 10.2. The van der Waals surface area contributed by atoms with Crippen LogP contribution < -0.4 is 18.9 Å². The fraction of sp³-hybridized carbons (Fsp3) is 0.160. The molecule has 4 rings (SSSR count). The number of carbonyl (C=O) groups is 1. The van der Waals surface area contributed by atoms with E-state index in [0.29, 0.717) is 45.4 Å². The molecule has 0 radical (unpaired) electrons. The Morgan fingerprint density at radius 3 is 2.24 bits per heavy atom. The van der Waals surface area contributed by atoms with E-state index in [1.165, 1.54) is 19.4 Å². The van der Waals surface area contributed by atoms with Gasteiger partial charge in [0, 0.05) is 17.1 Å². The fourth-order valence-corrected chi connectivity index (χ4v) is 3.43. The maximum Gasteiger partial charge on any atom is 0.400 e. The average molecular weight is 462 g/mol. The van der Waals surface area contributed by atoms with Gasteiger partial charge in [-0.25, -0.2) is 4.79 Å². The van der Waals surface area contributed by atoms with Crippen LogP contribution in [-0.4, -0.2) is 45.1 Å². The number of nitrogens with zero attached hydrogens (tertiary/aromatic N) is 2. The van der Waals surface area contributed by atoms with E-state index in [0.717, 1.165) is 5.39 Å². The number of pyridine rings is 1. The summed E-state index contributed by atoms with van der Waals surface area (Å²) in [4.78, 5) is 22.2. The van der Waals surface area contributed by atoms with Gasteiger partial charge < -0.3 is 28.2 Å². The highest BCUT2D eigenvalue weighted by atomic mass is 16.7. The van der Waals surface area contributed by atoms with Gasteiger partial charge >= 0.3 is 5.97 Å². The molecule has 0 bridgehead atoms. The maximum atomic E-state index is 12.4. The van der Waals surface area contributed by atoms with Crippen molar-refractivity contribution in [3.05, 3.63) is 78.0 Å². The number of aromatic nitrogens is 1. The summed E-state index contributed by atoms with van der Waals surface area (Å²) in [5.74, 6) is 1.37. The number of benzene rings is 2. The highest BCUT2D eigenvalue weighted by Crippen LogP contribution is 2.35. The third-order valence-corrected chi connectivity index (χ3v) is 5.09. The highest BCUT2D eigenvalue weighted by Gasteiger charge is 2.20. The van der Waals surface area contributed by atoms with Crippen molar-refractivity contribution in [3.8, 4) is 23.0 Å².